The van der Waals surface area contributed by atoms with E-state index in [0.29, 0.717) is 30.3 Å². The molecule has 4 rings (SSSR count). The van der Waals surface area contributed by atoms with Gasteiger partial charge in [-0.2, -0.15) is 0 Å². The molecule has 0 atom stereocenters. The van der Waals surface area contributed by atoms with Gasteiger partial charge in [-0.05, 0) is 37.0 Å². The van der Waals surface area contributed by atoms with Crippen molar-refractivity contribution < 1.29 is 9.90 Å². The number of likely N-dealkylation sites (tertiary alicyclic amines) is 1. The molecule has 1 aliphatic carbocycles. The van der Waals surface area contributed by atoms with Crippen molar-refractivity contribution in [2.45, 2.75) is 18.4 Å². The van der Waals surface area contributed by atoms with Crippen molar-refractivity contribution in [3.63, 3.8) is 0 Å². The van der Waals surface area contributed by atoms with Gasteiger partial charge >= 0.3 is 0 Å². The summed E-state index contributed by atoms with van der Waals surface area (Å²) >= 11 is 0. The average Bonchev–Trinajstić information content (AvgIpc) is 3.15. The number of hydrogen-bond donors (Lipinski definition) is 3. The van der Waals surface area contributed by atoms with Crippen LogP contribution in [0.15, 0.2) is 24.4 Å². The topological polar surface area (TPSA) is 82.4 Å². The summed E-state index contributed by atoms with van der Waals surface area (Å²) in [6, 6.07) is 5.49. The van der Waals surface area contributed by atoms with Crippen LogP contribution < -0.4 is 5.73 Å². The van der Waals surface area contributed by atoms with Crippen LogP contribution in [0, 0.1) is 5.92 Å². The number of carbonyl (C=O) groups is 1. The van der Waals surface area contributed by atoms with Crippen LogP contribution in [0.2, 0.25) is 0 Å². The van der Waals surface area contributed by atoms with Crippen LogP contribution in [0.3, 0.4) is 0 Å². The van der Waals surface area contributed by atoms with E-state index in [1.54, 1.807) is 11.1 Å². The fourth-order valence-electron chi connectivity index (χ4n) is 3.12. The Morgan fingerprint density at radius 3 is 2.85 bits per heavy atom. The number of anilines is 1. The van der Waals surface area contributed by atoms with Crippen molar-refractivity contribution >= 4 is 22.5 Å². The molecule has 1 aromatic carbocycles. The average molecular weight is 271 g/mol. The molecule has 0 unspecified atom stereocenters. The van der Waals surface area contributed by atoms with E-state index in [1.165, 1.54) is 0 Å². The first-order chi connectivity index (χ1) is 9.57. The lowest BCUT2D eigenvalue weighted by Gasteiger charge is -2.46. The van der Waals surface area contributed by atoms with Crippen LogP contribution in [0.1, 0.15) is 23.2 Å². The van der Waals surface area contributed by atoms with Gasteiger partial charge in [-0.25, -0.2) is 0 Å². The van der Waals surface area contributed by atoms with E-state index in [2.05, 4.69) is 4.98 Å². The van der Waals surface area contributed by atoms with Crippen LogP contribution in [-0.2, 0) is 0 Å². The second-order valence-electron chi connectivity index (χ2n) is 6.05. The summed E-state index contributed by atoms with van der Waals surface area (Å²) in [4.78, 5) is 17.3. The smallest absolute Gasteiger partial charge is 0.256 e. The molecule has 1 saturated carbocycles. The highest BCUT2D eigenvalue weighted by molar-refractivity contribution is 6.07. The first kappa shape index (κ1) is 11.8. The normalized spacial score (nSPS) is 20.9. The SMILES string of the molecule is Nc1ccc2[nH]cc(C(=O)N3CC(O)(C4CC4)C3)c2c1. The lowest BCUT2D eigenvalue weighted by molar-refractivity contribution is -0.0957. The first-order valence-corrected chi connectivity index (χ1v) is 6.95. The zero-order chi connectivity index (χ0) is 13.9. The van der Waals surface area contributed by atoms with Crippen LogP contribution in [0.5, 0.6) is 0 Å². The van der Waals surface area contributed by atoms with Gasteiger partial charge in [-0.15, -0.1) is 0 Å². The first-order valence-electron chi connectivity index (χ1n) is 6.95. The number of aliphatic hydroxyl groups is 1. The molecule has 20 heavy (non-hydrogen) atoms. The molecule has 0 bridgehead atoms. The van der Waals surface area contributed by atoms with Gasteiger partial charge in [-0.1, -0.05) is 0 Å². The zero-order valence-electron chi connectivity index (χ0n) is 11.1. The maximum atomic E-state index is 12.5. The number of nitrogens with two attached hydrogens (primary N) is 1. The Hall–Kier alpha value is -2.01. The molecule has 1 amide bonds. The monoisotopic (exact) mass is 271 g/mol. The maximum Gasteiger partial charge on any atom is 0.256 e. The molecule has 2 aliphatic rings. The molecule has 1 saturated heterocycles. The molecule has 4 N–H and O–H groups in total. The molecule has 2 aromatic rings. The van der Waals surface area contributed by atoms with Crippen LogP contribution in [0.4, 0.5) is 5.69 Å². The van der Waals surface area contributed by atoms with Crippen LogP contribution >= 0.6 is 0 Å². The minimum absolute atomic E-state index is 0.0350. The van der Waals surface area contributed by atoms with Crippen molar-refractivity contribution in [2.75, 3.05) is 18.8 Å². The molecule has 1 aliphatic heterocycles. The van der Waals surface area contributed by atoms with Gasteiger partial charge in [0.2, 0.25) is 0 Å². The van der Waals surface area contributed by atoms with Crippen molar-refractivity contribution in [3.05, 3.63) is 30.0 Å². The Labute approximate surface area is 116 Å². The van der Waals surface area contributed by atoms with Gasteiger partial charge in [0.15, 0.2) is 0 Å². The summed E-state index contributed by atoms with van der Waals surface area (Å²) in [6.07, 6.45) is 3.89. The molecule has 104 valence electrons. The largest absolute Gasteiger partial charge is 0.399 e. The van der Waals surface area contributed by atoms with E-state index in [1.807, 2.05) is 18.2 Å². The van der Waals surface area contributed by atoms with Crippen LogP contribution in [0.25, 0.3) is 10.9 Å². The highest BCUT2D eigenvalue weighted by Crippen LogP contribution is 2.44. The number of fused-ring (bicyclic) bond motifs is 1. The van der Waals surface area contributed by atoms with Crippen LogP contribution in [-0.4, -0.2) is 39.6 Å². The Morgan fingerprint density at radius 2 is 2.15 bits per heavy atom. The molecule has 2 fully saturated rings. The highest BCUT2D eigenvalue weighted by Gasteiger charge is 2.53. The Kier molecular flexibility index (Phi) is 2.22. The van der Waals surface area contributed by atoms with E-state index >= 15 is 0 Å². The number of nitrogen functional groups attached to an aromatic ring is 1. The van der Waals surface area contributed by atoms with Crippen molar-refractivity contribution in [2.24, 2.45) is 5.92 Å². The second kappa shape index (κ2) is 3.76. The predicted molar refractivity (Wildman–Crippen MR) is 76.3 cm³/mol. The van der Waals surface area contributed by atoms with E-state index in [-0.39, 0.29) is 5.91 Å². The number of aromatic nitrogens is 1. The van der Waals surface area contributed by atoms with Gasteiger partial charge in [0.1, 0.15) is 5.60 Å². The lowest BCUT2D eigenvalue weighted by Crippen LogP contribution is -2.64. The number of amides is 1. The summed E-state index contributed by atoms with van der Waals surface area (Å²) in [7, 11) is 0. The lowest BCUT2D eigenvalue weighted by atomic mass is 9.88. The Bertz CT molecular complexity index is 696. The Morgan fingerprint density at radius 1 is 1.40 bits per heavy atom. The molecule has 0 radical (unpaired) electrons. The summed E-state index contributed by atoms with van der Waals surface area (Å²) in [5, 5.41) is 11.1. The number of benzene rings is 1. The van der Waals surface area contributed by atoms with Gasteiger partial charge in [0.25, 0.3) is 5.91 Å². The van der Waals surface area contributed by atoms with Gasteiger partial charge < -0.3 is 20.7 Å². The van der Waals surface area contributed by atoms with E-state index in [9.17, 15) is 9.90 Å². The maximum absolute atomic E-state index is 12.5. The second-order valence-corrected chi connectivity index (χ2v) is 6.05. The number of nitrogens with one attached hydrogen (secondary N) is 1. The van der Waals surface area contributed by atoms with Gasteiger partial charge in [0, 0.05) is 22.8 Å². The zero-order valence-corrected chi connectivity index (χ0v) is 11.1. The molecular formula is C15H17N3O2. The number of rotatable bonds is 2. The molecule has 5 nitrogen and oxygen atoms in total. The summed E-state index contributed by atoms with van der Waals surface area (Å²) in [5.41, 5.74) is 7.32. The van der Waals surface area contributed by atoms with E-state index in [0.717, 1.165) is 23.7 Å². The number of carbonyl (C=O) groups excluding carboxylic acids is 1. The van der Waals surface area contributed by atoms with Crippen molar-refractivity contribution in [1.82, 2.24) is 9.88 Å². The number of hydrogen-bond acceptors (Lipinski definition) is 3. The summed E-state index contributed by atoms with van der Waals surface area (Å²) < 4.78 is 0. The quantitative estimate of drug-likeness (QED) is 0.721. The van der Waals surface area contributed by atoms with E-state index in [4.69, 9.17) is 5.73 Å². The molecule has 5 heteroatoms. The van der Waals surface area contributed by atoms with Crippen molar-refractivity contribution in [3.8, 4) is 0 Å². The third-order valence-electron chi connectivity index (χ3n) is 4.49. The predicted octanol–water partition coefficient (Wildman–Crippen LogP) is 1.35. The number of nitrogens with zero attached hydrogens (tertiary/aromatic N) is 1. The third-order valence-corrected chi connectivity index (χ3v) is 4.49. The molecular weight excluding hydrogens is 254 g/mol. The van der Waals surface area contributed by atoms with Gasteiger partial charge in [0.05, 0.1) is 18.7 Å². The minimum Gasteiger partial charge on any atom is -0.399 e. The Balaban J connectivity index is 1.60. The highest BCUT2D eigenvalue weighted by atomic mass is 16.3. The van der Waals surface area contributed by atoms with Crippen molar-refractivity contribution in [1.29, 1.82) is 0 Å². The fourth-order valence-corrected chi connectivity index (χ4v) is 3.12. The third kappa shape index (κ3) is 1.63. The summed E-state index contributed by atoms with van der Waals surface area (Å²) in [6.45, 7) is 0.900. The van der Waals surface area contributed by atoms with E-state index < -0.39 is 5.60 Å². The summed E-state index contributed by atoms with van der Waals surface area (Å²) in [5.74, 6) is 0.359. The van der Waals surface area contributed by atoms with Gasteiger partial charge in [-0.3, -0.25) is 4.79 Å². The number of aromatic amines is 1. The molecule has 0 spiro atoms. The molecule has 1 aromatic heterocycles. The minimum atomic E-state index is -0.638. The standard InChI is InChI=1S/C15H17N3O2/c16-10-3-4-13-11(5-10)12(6-17-13)14(19)18-7-15(20,8-18)9-1-2-9/h3-6,9,17,20H,1-2,7-8,16H2. The number of H-pyrrole nitrogens is 1. The number of β-amino-alcohol motifs (C(OH)–C–C–N with tert-alkyl or cyclic N) is 1. The molecule has 2 heterocycles. The fraction of sp³-hybridized carbons (Fsp3) is 0.400.